The molecule has 0 spiro atoms. The van der Waals surface area contributed by atoms with E-state index in [2.05, 4.69) is 13.8 Å². The maximum Gasteiger partial charge on any atom is 0.308 e. The molecule has 98 valence electrons. The monoisotopic (exact) mass is 267 g/mol. The highest BCUT2D eigenvalue weighted by molar-refractivity contribution is 7.12. The Morgan fingerprint density at radius 2 is 2.22 bits per heavy atom. The summed E-state index contributed by atoms with van der Waals surface area (Å²) in [5.41, 5.74) is 1.06. The summed E-state index contributed by atoms with van der Waals surface area (Å²) in [7, 11) is 0. The first kappa shape index (κ1) is 13.1. The van der Waals surface area contributed by atoms with E-state index in [1.54, 1.807) is 4.90 Å². The van der Waals surface area contributed by atoms with Crippen LogP contribution in [0.3, 0.4) is 0 Å². The van der Waals surface area contributed by atoms with Gasteiger partial charge in [-0.25, -0.2) is 0 Å². The Morgan fingerprint density at radius 3 is 2.78 bits per heavy atom. The van der Waals surface area contributed by atoms with Crippen molar-refractivity contribution in [2.75, 3.05) is 13.1 Å². The molecule has 1 aromatic rings. The standard InChI is InChI=1S/C13H17NO3S/c1-8(2)10-4-6-18-11(10)12(15)14-5-3-9(7-14)13(16)17/h4,6,8-9H,3,5,7H2,1-2H3,(H,16,17)/t9-/m0/s1. The number of aliphatic carboxylic acids is 1. The van der Waals surface area contributed by atoms with E-state index in [4.69, 9.17) is 5.11 Å². The second-order valence-electron chi connectivity index (χ2n) is 4.93. The van der Waals surface area contributed by atoms with Crippen LogP contribution >= 0.6 is 11.3 Å². The van der Waals surface area contributed by atoms with Gasteiger partial charge in [-0.3, -0.25) is 9.59 Å². The number of rotatable bonds is 3. The largest absolute Gasteiger partial charge is 0.481 e. The van der Waals surface area contributed by atoms with Crippen molar-refractivity contribution >= 4 is 23.2 Å². The van der Waals surface area contributed by atoms with Crippen molar-refractivity contribution < 1.29 is 14.7 Å². The van der Waals surface area contributed by atoms with E-state index in [1.807, 2.05) is 11.4 Å². The van der Waals surface area contributed by atoms with Gasteiger partial charge in [-0.1, -0.05) is 13.8 Å². The predicted molar refractivity (Wildman–Crippen MR) is 70.1 cm³/mol. The van der Waals surface area contributed by atoms with Crippen LogP contribution in [0.1, 0.15) is 41.4 Å². The first-order valence-electron chi connectivity index (χ1n) is 6.10. The molecule has 18 heavy (non-hydrogen) atoms. The first-order chi connectivity index (χ1) is 8.50. The highest BCUT2D eigenvalue weighted by Gasteiger charge is 2.32. The van der Waals surface area contributed by atoms with Crippen LogP contribution in [0.15, 0.2) is 11.4 Å². The average molecular weight is 267 g/mol. The number of hydrogen-bond donors (Lipinski definition) is 1. The van der Waals surface area contributed by atoms with Crippen LogP contribution in [-0.4, -0.2) is 35.0 Å². The number of thiophene rings is 1. The molecule has 0 saturated carbocycles. The van der Waals surface area contributed by atoms with Crippen LogP contribution in [0.5, 0.6) is 0 Å². The number of nitrogens with zero attached hydrogens (tertiary/aromatic N) is 1. The van der Waals surface area contributed by atoms with Crippen LogP contribution in [0.4, 0.5) is 0 Å². The Balaban J connectivity index is 2.13. The molecule has 1 fully saturated rings. The summed E-state index contributed by atoms with van der Waals surface area (Å²) < 4.78 is 0. The van der Waals surface area contributed by atoms with Gasteiger partial charge in [0.15, 0.2) is 0 Å². The van der Waals surface area contributed by atoms with E-state index in [1.165, 1.54) is 11.3 Å². The molecule has 1 aromatic heterocycles. The lowest BCUT2D eigenvalue weighted by Crippen LogP contribution is -2.30. The van der Waals surface area contributed by atoms with Crippen LogP contribution < -0.4 is 0 Å². The maximum absolute atomic E-state index is 12.3. The van der Waals surface area contributed by atoms with Crippen molar-refractivity contribution in [3.05, 3.63) is 21.9 Å². The zero-order chi connectivity index (χ0) is 13.3. The Labute approximate surface area is 110 Å². The zero-order valence-corrected chi connectivity index (χ0v) is 11.4. The van der Waals surface area contributed by atoms with Gasteiger partial charge in [-0.05, 0) is 29.3 Å². The Kier molecular flexibility index (Phi) is 3.71. The minimum atomic E-state index is -0.805. The van der Waals surface area contributed by atoms with E-state index in [-0.39, 0.29) is 5.91 Å². The van der Waals surface area contributed by atoms with Crippen LogP contribution in [0.25, 0.3) is 0 Å². The average Bonchev–Trinajstić information content (AvgIpc) is 2.97. The molecular formula is C13H17NO3S. The summed E-state index contributed by atoms with van der Waals surface area (Å²) in [5, 5.41) is 10.9. The molecule has 2 heterocycles. The summed E-state index contributed by atoms with van der Waals surface area (Å²) in [6.45, 7) is 5.00. The van der Waals surface area contributed by atoms with Crippen molar-refractivity contribution in [3.63, 3.8) is 0 Å². The normalized spacial score (nSPS) is 19.5. The third kappa shape index (κ3) is 2.41. The SMILES string of the molecule is CC(C)c1ccsc1C(=O)N1CC[C@H](C(=O)O)C1. The topological polar surface area (TPSA) is 57.6 Å². The molecule has 1 N–H and O–H groups in total. The van der Waals surface area contributed by atoms with Gasteiger partial charge in [0.2, 0.25) is 0 Å². The molecule has 4 nitrogen and oxygen atoms in total. The Hall–Kier alpha value is -1.36. The van der Waals surface area contributed by atoms with Gasteiger partial charge >= 0.3 is 5.97 Å². The van der Waals surface area contributed by atoms with E-state index < -0.39 is 11.9 Å². The number of carbonyl (C=O) groups is 2. The molecule has 0 unspecified atom stereocenters. The number of carbonyl (C=O) groups excluding carboxylic acids is 1. The maximum atomic E-state index is 12.3. The Bertz CT molecular complexity index is 467. The third-order valence-corrected chi connectivity index (χ3v) is 4.25. The van der Waals surface area contributed by atoms with Gasteiger partial charge in [0, 0.05) is 13.1 Å². The molecule has 0 radical (unpaired) electrons. The van der Waals surface area contributed by atoms with Crippen LogP contribution in [-0.2, 0) is 4.79 Å². The van der Waals surface area contributed by atoms with Crippen LogP contribution in [0, 0.1) is 5.92 Å². The van der Waals surface area contributed by atoms with Gasteiger partial charge in [0.1, 0.15) is 0 Å². The fraction of sp³-hybridized carbons (Fsp3) is 0.538. The van der Waals surface area contributed by atoms with Crippen LogP contribution in [0.2, 0.25) is 0 Å². The van der Waals surface area contributed by atoms with Crippen molar-refractivity contribution in [1.29, 1.82) is 0 Å². The van der Waals surface area contributed by atoms with Crippen molar-refractivity contribution in [2.45, 2.75) is 26.2 Å². The van der Waals surface area contributed by atoms with E-state index in [0.29, 0.717) is 25.4 Å². The second kappa shape index (κ2) is 5.10. The molecule has 0 aromatic carbocycles. The second-order valence-corrected chi connectivity index (χ2v) is 5.85. The lowest BCUT2D eigenvalue weighted by Gasteiger charge is -2.16. The number of carboxylic acids is 1. The molecule has 1 saturated heterocycles. The lowest BCUT2D eigenvalue weighted by molar-refractivity contribution is -0.141. The fourth-order valence-corrected chi connectivity index (χ4v) is 3.26. The molecule has 1 amide bonds. The highest BCUT2D eigenvalue weighted by atomic mass is 32.1. The predicted octanol–water partition coefficient (Wildman–Crippen LogP) is 2.42. The number of carboxylic acid groups (broad SMARTS) is 1. The van der Waals surface area contributed by atoms with E-state index >= 15 is 0 Å². The molecule has 0 bridgehead atoms. The summed E-state index contributed by atoms with van der Waals surface area (Å²) in [6.07, 6.45) is 0.559. The Morgan fingerprint density at radius 1 is 1.50 bits per heavy atom. The fourth-order valence-electron chi connectivity index (χ4n) is 2.24. The summed E-state index contributed by atoms with van der Waals surface area (Å²) in [6, 6.07) is 1.98. The molecule has 1 aliphatic heterocycles. The summed E-state index contributed by atoms with van der Waals surface area (Å²) in [4.78, 5) is 25.7. The summed E-state index contributed by atoms with van der Waals surface area (Å²) >= 11 is 1.44. The third-order valence-electron chi connectivity index (χ3n) is 3.34. The smallest absolute Gasteiger partial charge is 0.308 e. The first-order valence-corrected chi connectivity index (χ1v) is 6.98. The number of amides is 1. The zero-order valence-electron chi connectivity index (χ0n) is 10.5. The van der Waals surface area contributed by atoms with Crippen molar-refractivity contribution in [2.24, 2.45) is 5.92 Å². The van der Waals surface area contributed by atoms with Gasteiger partial charge in [-0.2, -0.15) is 0 Å². The molecule has 2 rings (SSSR count). The van der Waals surface area contributed by atoms with Crippen molar-refractivity contribution in [3.8, 4) is 0 Å². The van der Waals surface area contributed by atoms with E-state index in [0.717, 1.165) is 10.4 Å². The molecular weight excluding hydrogens is 250 g/mol. The van der Waals surface area contributed by atoms with E-state index in [9.17, 15) is 9.59 Å². The van der Waals surface area contributed by atoms with Gasteiger partial charge in [0.25, 0.3) is 5.91 Å². The highest BCUT2D eigenvalue weighted by Crippen LogP contribution is 2.28. The van der Waals surface area contributed by atoms with Crippen molar-refractivity contribution in [1.82, 2.24) is 4.90 Å². The minimum Gasteiger partial charge on any atom is -0.481 e. The number of hydrogen-bond acceptors (Lipinski definition) is 3. The quantitative estimate of drug-likeness (QED) is 0.915. The molecule has 0 aliphatic carbocycles. The number of likely N-dealkylation sites (tertiary alicyclic amines) is 1. The molecule has 1 aliphatic rings. The van der Waals surface area contributed by atoms with Gasteiger partial charge in [0.05, 0.1) is 10.8 Å². The summed E-state index contributed by atoms with van der Waals surface area (Å²) in [5.74, 6) is -0.914. The lowest BCUT2D eigenvalue weighted by atomic mass is 10.0. The van der Waals surface area contributed by atoms with Gasteiger partial charge in [-0.15, -0.1) is 11.3 Å². The van der Waals surface area contributed by atoms with Gasteiger partial charge < -0.3 is 10.0 Å². The minimum absolute atomic E-state index is 0.0162. The molecule has 5 heteroatoms. The molecule has 1 atom stereocenters.